The molecule has 0 rings (SSSR count). The van der Waals surface area contributed by atoms with Crippen LogP contribution in [0.4, 0.5) is 0 Å². The minimum atomic E-state index is -4.72. The van der Waals surface area contributed by atoms with Crippen molar-refractivity contribution in [2.45, 2.75) is 136 Å². The molecule has 0 saturated carbocycles. The topological polar surface area (TPSA) is 119 Å². The van der Waals surface area contributed by atoms with Crippen molar-refractivity contribution >= 4 is 19.8 Å². The molecule has 0 aromatic heterocycles. The fourth-order valence-electron chi connectivity index (χ4n) is 3.73. The first-order valence-electron chi connectivity index (χ1n) is 13.7. The summed E-state index contributed by atoms with van der Waals surface area (Å²) in [5.41, 5.74) is 0. The summed E-state index contributed by atoms with van der Waals surface area (Å²) in [5, 5.41) is 0. The van der Waals surface area contributed by atoms with Crippen LogP contribution in [0.15, 0.2) is 0 Å². The number of phosphoric ester groups is 1. The monoisotopic (exact) mass is 522 g/mol. The molecule has 0 aliphatic heterocycles. The number of carbonyl (C=O) groups is 2. The standard InChI is InChI=1S/C26H51O8P/c1-4-5-6-12-16-19-25(27)32-21-24(22-33-35(29,30)31)34-26(28)20-17-14-11-9-7-8-10-13-15-18-23(2)3/h23-24H,4-22H2,1-3H3,(H2,29,30,31)/t24-/m1/s1. The van der Waals surface area contributed by atoms with Crippen LogP contribution in [0, 0.1) is 5.92 Å². The van der Waals surface area contributed by atoms with Crippen LogP contribution < -0.4 is 0 Å². The molecule has 2 N–H and O–H groups in total. The summed E-state index contributed by atoms with van der Waals surface area (Å²) in [4.78, 5) is 41.9. The molecule has 208 valence electrons. The van der Waals surface area contributed by atoms with Crippen molar-refractivity contribution in [1.82, 2.24) is 0 Å². The van der Waals surface area contributed by atoms with Crippen LogP contribution in [-0.2, 0) is 28.2 Å². The van der Waals surface area contributed by atoms with Crippen molar-refractivity contribution in [3.63, 3.8) is 0 Å². The number of hydrogen-bond acceptors (Lipinski definition) is 6. The Bertz CT molecular complexity index is 576. The van der Waals surface area contributed by atoms with E-state index < -0.39 is 32.5 Å². The number of esters is 2. The van der Waals surface area contributed by atoms with Gasteiger partial charge >= 0.3 is 19.8 Å². The normalized spacial score (nSPS) is 12.6. The van der Waals surface area contributed by atoms with Gasteiger partial charge in [0.25, 0.3) is 0 Å². The summed E-state index contributed by atoms with van der Waals surface area (Å²) in [5.74, 6) is -0.112. The lowest BCUT2D eigenvalue weighted by molar-refractivity contribution is -0.161. The van der Waals surface area contributed by atoms with Crippen LogP contribution in [0.25, 0.3) is 0 Å². The van der Waals surface area contributed by atoms with E-state index in [1.54, 1.807) is 0 Å². The zero-order valence-electron chi connectivity index (χ0n) is 22.4. The third-order valence-corrected chi connectivity index (χ3v) is 6.29. The Labute approximate surface area is 213 Å². The Hall–Kier alpha value is -0.950. The molecule has 9 heteroatoms. The molecule has 0 aliphatic carbocycles. The molecule has 0 saturated heterocycles. The van der Waals surface area contributed by atoms with Crippen molar-refractivity contribution in [1.29, 1.82) is 0 Å². The molecule has 0 amide bonds. The maximum Gasteiger partial charge on any atom is 0.469 e. The molecule has 8 nitrogen and oxygen atoms in total. The Morgan fingerprint density at radius 2 is 1.20 bits per heavy atom. The van der Waals surface area contributed by atoms with Gasteiger partial charge in [0.1, 0.15) is 6.61 Å². The first kappa shape index (κ1) is 34.0. The minimum Gasteiger partial charge on any atom is -0.462 e. The zero-order valence-corrected chi connectivity index (χ0v) is 23.3. The van der Waals surface area contributed by atoms with Gasteiger partial charge in [-0.05, 0) is 18.8 Å². The largest absolute Gasteiger partial charge is 0.469 e. The minimum absolute atomic E-state index is 0.215. The highest BCUT2D eigenvalue weighted by Crippen LogP contribution is 2.35. The van der Waals surface area contributed by atoms with Gasteiger partial charge in [0.15, 0.2) is 6.10 Å². The fourth-order valence-corrected chi connectivity index (χ4v) is 4.09. The molecule has 0 bridgehead atoms. The van der Waals surface area contributed by atoms with Crippen LogP contribution in [0.5, 0.6) is 0 Å². The molecule has 1 atom stereocenters. The molecule has 0 fully saturated rings. The van der Waals surface area contributed by atoms with Crippen LogP contribution in [0.1, 0.15) is 130 Å². The lowest BCUT2D eigenvalue weighted by Gasteiger charge is -2.18. The first-order chi connectivity index (χ1) is 16.6. The molecule has 0 aromatic rings. The number of ether oxygens (including phenoxy) is 2. The third kappa shape index (κ3) is 25.9. The summed E-state index contributed by atoms with van der Waals surface area (Å²) in [6.45, 7) is 5.83. The van der Waals surface area contributed by atoms with Gasteiger partial charge in [-0.2, -0.15) is 0 Å². The number of rotatable bonds is 24. The molecule has 35 heavy (non-hydrogen) atoms. The number of carbonyl (C=O) groups excluding carboxylic acids is 2. The highest BCUT2D eigenvalue weighted by Gasteiger charge is 2.22. The van der Waals surface area contributed by atoms with Crippen LogP contribution in [0.2, 0.25) is 0 Å². The van der Waals surface area contributed by atoms with Crippen molar-refractivity contribution in [3.05, 3.63) is 0 Å². The van der Waals surface area contributed by atoms with E-state index in [9.17, 15) is 14.2 Å². The Balaban J connectivity index is 4.05. The Morgan fingerprint density at radius 1 is 0.714 bits per heavy atom. The van der Waals surface area contributed by atoms with E-state index >= 15 is 0 Å². The summed E-state index contributed by atoms with van der Waals surface area (Å²) in [6.07, 6.45) is 16.0. The molecule has 0 aliphatic rings. The number of hydrogen-bond donors (Lipinski definition) is 2. The Kier molecular flexibility index (Phi) is 21.7. The molecule has 0 heterocycles. The van der Waals surface area contributed by atoms with E-state index in [1.165, 1.54) is 38.5 Å². The molecular formula is C26H51O8P. The second-order valence-corrected chi connectivity index (χ2v) is 11.1. The summed E-state index contributed by atoms with van der Waals surface area (Å²) < 4.78 is 25.9. The maximum absolute atomic E-state index is 12.2. The van der Waals surface area contributed by atoms with Gasteiger partial charge in [-0.15, -0.1) is 0 Å². The molecule has 0 radical (unpaired) electrons. The van der Waals surface area contributed by atoms with Crippen molar-refractivity contribution < 1.29 is 37.9 Å². The first-order valence-corrected chi connectivity index (χ1v) is 15.2. The van der Waals surface area contributed by atoms with Crippen LogP contribution in [0.3, 0.4) is 0 Å². The average Bonchev–Trinajstić information content (AvgIpc) is 2.78. The molecular weight excluding hydrogens is 471 g/mol. The average molecular weight is 523 g/mol. The van der Waals surface area contributed by atoms with Gasteiger partial charge in [0, 0.05) is 12.8 Å². The lowest BCUT2D eigenvalue weighted by atomic mass is 10.0. The van der Waals surface area contributed by atoms with Crippen LogP contribution in [-0.4, -0.2) is 41.0 Å². The van der Waals surface area contributed by atoms with Crippen molar-refractivity contribution in [2.24, 2.45) is 5.92 Å². The molecule has 0 spiro atoms. The summed E-state index contributed by atoms with van der Waals surface area (Å²) in [6, 6.07) is 0. The Morgan fingerprint density at radius 3 is 1.71 bits per heavy atom. The van der Waals surface area contributed by atoms with Crippen LogP contribution >= 0.6 is 7.82 Å². The van der Waals surface area contributed by atoms with Crippen molar-refractivity contribution in [3.8, 4) is 0 Å². The van der Waals surface area contributed by atoms with Gasteiger partial charge in [0.05, 0.1) is 6.61 Å². The second kappa shape index (κ2) is 22.3. The van der Waals surface area contributed by atoms with E-state index in [4.69, 9.17) is 19.3 Å². The molecule has 0 aromatic carbocycles. The smallest absolute Gasteiger partial charge is 0.462 e. The predicted octanol–water partition coefficient (Wildman–Crippen LogP) is 6.86. The number of unbranched alkanes of at least 4 members (excludes halogenated alkanes) is 12. The van der Waals surface area contributed by atoms with Gasteiger partial charge in [-0.3, -0.25) is 14.1 Å². The highest BCUT2D eigenvalue weighted by atomic mass is 31.2. The summed E-state index contributed by atoms with van der Waals surface area (Å²) in [7, 11) is -4.72. The fraction of sp³-hybridized carbons (Fsp3) is 0.923. The summed E-state index contributed by atoms with van der Waals surface area (Å²) >= 11 is 0. The second-order valence-electron chi connectivity index (χ2n) is 9.86. The van der Waals surface area contributed by atoms with Gasteiger partial charge in [0.2, 0.25) is 0 Å². The van der Waals surface area contributed by atoms with E-state index in [1.807, 2.05) is 0 Å². The SMILES string of the molecule is CCCCCCCC(=O)OC[C@H](COP(=O)(O)O)OC(=O)CCCCCCCCCCCC(C)C. The lowest BCUT2D eigenvalue weighted by Crippen LogP contribution is -2.29. The predicted molar refractivity (Wildman–Crippen MR) is 138 cm³/mol. The zero-order chi connectivity index (χ0) is 26.4. The maximum atomic E-state index is 12.2. The quantitative estimate of drug-likeness (QED) is 0.0801. The molecule has 0 unspecified atom stereocenters. The van der Waals surface area contributed by atoms with E-state index in [0.717, 1.165) is 57.3 Å². The van der Waals surface area contributed by atoms with Gasteiger partial charge in [-0.25, -0.2) is 4.57 Å². The van der Waals surface area contributed by atoms with Gasteiger partial charge in [-0.1, -0.05) is 104 Å². The van der Waals surface area contributed by atoms with Crippen molar-refractivity contribution in [2.75, 3.05) is 13.2 Å². The third-order valence-electron chi connectivity index (χ3n) is 5.80. The van der Waals surface area contributed by atoms with E-state index in [-0.39, 0.29) is 19.4 Å². The van der Waals surface area contributed by atoms with E-state index in [2.05, 4.69) is 25.3 Å². The van der Waals surface area contributed by atoms with Gasteiger partial charge < -0.3 is 19.3 Å². The number of phosphoric acid groups is 1. The van der Waals surface area contributed by atoms with E-state index in [0.29, 0.717) is 6.42 Å². The highest BCUT2D eigenvalue weighted by molar-refractivity contribution is 7.46.